The van der Waals surface area contributed by atoms with Crippen LogP contribution in [0.4, 0.5) is 0 Å². The van der Waals surface area contributed by atoms with Gasteiger partial charge in [-0.05, 0) is 30.7 Å². The molecule has 0 bridgehead atoms. The fraction of sp³-hybridized carbons (Fsp3) is 0.533. The molecule has 0 aromatic heterocycles. The van der Waals surface area contributed by atoms with Crippen molar-refractivity contribution < 1.29 is 9.53 Å². The van der Waals surface area contributed by atoms with Crippen molar-refractivity contribution in [1.82, 2.24) is 5.32 Å². The third-order valence-corrected chi connectivity index (χ3v) is 3.63. The SMILES string of the molecule is NC(C(=O)NCCc1ccccc1)C1CCOCC1. The first-order chi connectivity index (χ1) is 9.27. The summed E-state index contributed by atoms with van der Waals surface area (Å²) in [5.41, 5.74) is 7.23. The van der Waals surface area contributed by atoms with E-state index in [2.05, 4.69) is 17.4 Å². The van der Waals surface area contributed by atoms with Crippen LogP contribution in [-0.2, 0) is 16.0 Å². The molecule has 2 rings (SSSR count). The van der Waals surface area contributed by atoms with Crippen LogP contribution in [0, 0.1) is 5.92 Å². The number of ether oxygens (including phenoxy) is 1. The molecule has 19 heavy (non-hydrogen) atoms. The number of hydrogen-bond acceptors (Lipinski definition) is 3. The number of carbonyl (C=O) groups is 1. The Hall–Kier alpha value is -1.39. The van der Waals surface area contributed by atoms with E-state index in [0.717, 1.165) is 32.5 Å². The number of rotatable bonds is 5. The van der Waals surface area contributed by atoms with Crippen LogP contribution in [0.3, 0.4) is 0 Å². The van der Waals surface area contributed by atoms with Crippen molar-refractivity contribution >= 4 is 5.91 Å². The largest absolute Gasteiger partial charge is 0.381 e. The molecule has 1 amide bonds. The first-order valence-corrected chi connectivity index (χ1v) is 6.92. The average molecular weight is 262 g/mol. The van der Waals surface area contributed by atoms with Crippen molar-refractivity contribution in [3.8, 4) is 0 Å². The molecule has 0 radical (unpaired) electrons. The fourth-order valence-corrected chi connectivity index (χ4v) is 2.38. The molecule has 1 saturated heterocycles. The molecule has 1 heterocycles. The smallest absolute Gasteiger partial charge is 0.237 e. The van der Waals surface area contributed by atoms with Gasteiger partial charge in [0.15, 0.2) is 0 Å². The lowest BCUT2D eigenvalue weighted by atomic mass is 9.92. The Morgan fingerprint density at radius 3 is 2.68 bits per heavy atom. The quantitative estimate of drug-likeness (QED) is 0.835. The normalized spacial score (nSPS) is 17.9. The van der Waals surface area contributed by atoms with Gasteiger partial charge in [-0.3, -0.25) is 4.79 Å². The lowest BCUT2D eigenvalue weighted by molar-refractivity contribution is -0.124. The van der Waals surface area contributed by atoms with Gasteiger partial charge in [0.05, 0.1) is 6.04 Å². The standard InChI is InChI=1S/C15H22N2O2/c16-14(13-7-10-19-11-8-13)15(18)17-9-6-12-4-2-1-3-5-12/h1-5,13-14H,6-11,16H2,(H,17,18). The summed E-state index contributed by atoms with van der Waals surface area (Å²) in [5.74, 6) is 0.216. The molecule has 1 fully saturated rings. The predicted octanol–water partition coefficient (Wildman–Crippen LogP) is 1.10. The van der Waals surface area contributed by atoms with Crippen LogP contribution in [0.5, 0.6) is 0 Å². The Labute approximate surface area is 114 Å². The van der Waals surface area contributed by atoms with E-state index in [1.165, 1.54) is 5.56 Å². The number of benzene rings is 1. The predicted molar refractivity (Wildman–Crippen MR) is 74.7 cm³/mol. The van der Waals surface area contributed by atoms with Crippen molar-refractivity contribution in [2.45, 2.75) is 25.3 Å². The molecule has 1 aliphatic heterocycles. The van der Waals surface area contributed by atoms with E-state index < -0.39 is 6.04 Å². The van der Waals surface area contributed by atoms with Gasteiger partial charge in [0.1, 0.15) is 0 Å². The van der Waals surface area contributed by atoms with E-state index in [1.54, 1.807) is 0 Å². The minimum atomic E-state index is -0.403. The molecule has 3 N–H and O–H groups in total. The fourth-order valence-electron chi connectivity index (χ4n) is 2.38. The molecule has 1 unspecified atom stereocenters. The van der Waals surface area contributed by atoms with Crippen molar-refractivity contribution in [1.29, 1.82) is 0 Å². The van der Waals surface area contributed by atoms with Gasteiger partial charge < -0.3 is 15.8 Å². The van der Waals surface area contributed by atoms with Crippen LogP contribution in [0.1, 0.15) is 18.4 Å². The van der Waals surface area contributed by atoms with Gasteiger partial charge in [-0.2, -0.15) is 0 Å². The lowest BCUT2D eigenvalue weighted by Gasteiger charge is -2.26. The molecule has 0 aliphatic carbocycles. The van der Waals surface area contributed by atoms with Crippen LogP contribution in [0.2, 0.25) is 0 Å². The highest BCUT2D eigenvalue weighted by molar-refractivity contribution is 5.81. The topological polar surface area (TPSA) is 64.4 Å². The molecule has 1 aromatic rings. The second-order valence-corrected chi connectivity index (χ2v) is 5.00. The first-order valence-electron chi connectivity index (χ1n) is 6.92. The van der Waals surface area contributed by atoms with Crippen molar-refractivity contribution in [3.63, 3.8) is 0 Å². The van der Waals surface area contributed by atoms with Gasteiger partial charge >= 0.3 is 0 Å². The van der Waals surface area contributed by atoms with E-state index in [-0.39, 0.29) is 11.8 Å². The minimum absolute atomic E-state index is 0.0390. The number of carbonyl (C=O) groups excluding carboxylic acids is 1. The number of nitrogens with one attached hydrogen (secondary N) is 1. The van der Waals surface area contributed by atoms with Crippen LogP contribution >= 0.6 is 0 Å². The van der Waals surface area contributed by atoms with Gasteiger partial charge in [0, 0.05) is 19.8 Å². The molecule has 104 valence electrons. The zero-order chi connectivity index (χ0) is 13.5. The Kier molecular flexibility index (Phi) is 5.36. The highest BCUT2D eigenvalue weighted by Crippen LogP contribution is 2.17. The van der Waals surface area contributed by atoms with Crippen LogP contribution in [0.25, 0.3) is 0 Å². The summed E-state index contributed by atoms with van der Waals surface area (Å²) in [6, 6.07) is 9.72. The third-order valence-electron chi connectivity index (χ3n) is 3.63. The highest BCUT2D eigenvalue weighted by atomic mass is 16.5. The van der Waals surface area contributed by atoms with E-state index >= 15 is 0 Å². The van der Waals surface area contributed by atoms with E-state index in [1.807, 2.05) is 18.2 Å². The third kappa shape index (κ3) is 4.33. The zero-order valence-electron chi connectivity index (χ0n) is 11.2. The Balaban J connectivity index is 1.71. The Morgan fingerprint density at radius 2 is 2.00 bits per heavy atom. The molecule has 1 aromatic carbocycles. The lowest BCUT2D eigenvalue weighted by Crippen LogP contribution is -2.47. The van der Waals surface area contributed by atoms with Gasteiger partial charge in [-0.25, -0.2) is 0 Å². The molecule has 4 heteroatoms. The minimum Gasteiger partial charge on any atom is -0.381 e. The summed E-state index contributed by atoms with van der Waals surface area (Å²) >= 11 is 0. The summed E-state index contributed by atoms with van der Waals surface area (Å²) in [5, 5.41) is 2.92. The Bertz CT molecular complexity index is 388. The maximum absolute atomic E-state index is 12.0. The maximum Gasteiger partial charge on any atom is 0.237 e. The summed E-state index contributed by atoms with van der Waals surface area (Å²) in [7, 11) is 0. The zero-order valence-corrected chi connectivity index (χ0v) is 11.2. The number of nitrogens with two attached hydrogens (primary N) is 1. The van der Waals surface area contributed by atoms with Gasteiger partial charge in [0.2, 0.25) is 5.91 Å². The molecular weight excluding hydrogens is 240 g/mol. The number of amides is 1. The highest BCUT2D eigenvalue weighted by Gasteiger charge is 2.26. The van der Waals surface area contributed by atoms with Crippen molar-refractivity contribution in [2.24, 2.45) is 11.7 Å². The molecule has 1 atom stereocenters. The van der Waals surface area contributed by atoms with E-state index in [0.29, 0.717) is 6.54 Å². The van der Waals surface area contributed by atoms with Crippen molar-refractivity contribution in [3.05, 3.63) is 35.9 Å². The number of hydrogen-bond donors (Lipinski definition) is 2. The van der Waals surface area contributed by atoms with Gasteiger partial charge in [0.25, 0.3) is 0 Å². The molecule has 1 aliphatic rings. The van der Waals surface area contributed by atoms with Crippen LogP contribution < -0.4 is 11.1 Å². The summed E-state index contributed by atoms with van der Waals surface area (Å²) in [6.45, 7) is 2.07. The maximum atomic E-state index is 12.0. The molecule has 4 nitrogen and oxygen atoms in total. The summed E-state index contributed by atoms with van der Waals surface area (Å²) in [6.07, 6.45) is 2.60. The van der Waals surface area contributed by atoms with Gasteiger partial charge in [-0.1, -0.05) is 30.3 Å². The Morgan fingerprint density at radius 1 is 1.32 bits per heavy atom. The van der Waals surface area contributed by atoms with Crippen LogP contribution in [0.15, 0.2) is 30.3 Å². The van der Waals surface area contributed by atoms with Gasteiger partial charge in [-0.15, -0.1) is 0 Å². The molecular formula is C15H22N2O2. The second kappa shape index (κ2) is 7.26. The van der Waals surface area contributed by atoms with Crippen LogP contribution in [-0.4, -0.2) is 31.7 Å². The van der Waals surface area contributed by atoms with E-state index in [9.17, 15) is 4.79 Å². The molecule has 0 saturated carbocycles. The monoisotopic (exact) mass is 262 g/mol. The molecule has 0 spiro atoms. The summed E-state index contributed by atoms with van der Waals surface area (Å²) < 4.78 is 5.28. The average Bonchev–Trinajstić information content (AvgIpc) is 2.48. The van der Waals surface area contributed by atoms with Crippen molar-refractivity contribution in [2.75, 3.05) is 19.8 Å². The first kappa shape index (κ1) is 14.0. The second-order valence-electron chi connectivity index (χ2n) is 5.00. The van der Waals surface area contributed by atoms with E-state index in [4.69, 9.17) is 10.5 Å². The summed E-state index contributed by atoms with van der Waals surface area (Å²) in [4.78, 5) is 12.0.